The van der Waals surface area contributed by atoms with E-state index in [0.717, 1.165) is 36.1 Å². The van der Waals surface area contributed by atoms with Crippen LogP contribution in [0.1, 0.15) is 40.3 Å². The first kappa shape index (κ1) is 14.0. The Kier molecular flexibility index (Phi) is 3.64. The van der Waals surface area contributed by atoms with Crippen molar-refractivity contribution in [3.63, 3.8) is 0 Å². The highest BCUT2D eigenvalue weighted by Crippen LogP contribution is 2.37. The second kappa shape index (κ2) is 5.45. The molecule has 0 fully saturated rings. The van der Waals surface area contributed by atoms with Crippen LogP contribution in [0.25, 0.3) is 0 Å². The number of hydrogen-bond acceptors (Lipinski definition) is 4. The number of anilines is 1. The average molecular weight is 301 g/mol. The van der Waals surface area contributed by atoms with Gasteiger partial charge in [-0.2, -0.15) is 0 Å². The van der Waals surface area contributed by atoms with Gasteiger partial charge in [0, 0.05) is 28.7 Å². The van der Waals surface area contributed by atoms with Crippen LogP contribution in [0.4, 0.5) is 5.69 Å². The molecule has 1 unspecified atom stereocenters. The zero-order valence-electron chi connectivity index (χ0n) is 11.9. The average Bonchev–Trinajstić information content (AvgIpc) is 2.49. The number of fused-ring (bicyclic) bond motifs is 1. The molecule has 0 aliphatic heterocycles. The van der Waals surface area contributed by atoms with Gasteiger partial charge >= 0.3 is 0 Å². The minimum Gasteiger partial charge on any atom is -0.398 e. The van der Waals surface area contributed by atoms with Crippen LogP contribution in [0, 0.1) is 12.3 Å². The van der Waals surface area contributed by atoms with Crippen molar-refractivity contribution in [3.8, 4) is 0 Å². The quantitative estimate of drug-likeness (QED) is 0.507. The number of rotatable bonds is 2. The lowest BCUT2D eigenvalue weighted by atomic mass is 9.79. The normalized spacial score (nSPS) is 17.3. The molecule has 1 aromatic carbocycles. The maximum Gasteiger partial charge on any atom is 0.135 e. The molecule has 0 amide bonds. The molecule has 108 valence electrons. The van der Waals surface area contributed by atoms with E-state index in [4.69, 9.17) is 22.7 Å². The molecule has 2 aromatic rings. The Hall–Kier alpha value is -1.94. The second-order valence-electron chi connectivity index (χ2n) is 5.47. The van der Waals surface area contributed by atoms with Crippen LogP contribution in [0.5, 0.6) is 0 Å². The number of nitrogens with zero attached hydrogens (tertiary/aromatic N) is 2. The number of halogens is 1. The highest BCUT2D eigenvalue weighted by Gasteiger charge is 2.26. The molecular formula is C16H17ClN4. The molecule has 4 nitrogen and oxygen atoms in total. The fraction of sp³-hybridized carbons (Fsp3) is 0.312. The van der Waals surface area contributed by atoms with Gasteiger partial charge < -0.3 is 11.1 Å². The van der Waals surface area contributed by atoms with Crippen molar-refractivity contribution in [2.45, 2.75) is 32.1 Å². The first-order valence-corrected chi connectivity index (χ1v) is 7.37. The fourth-order valence-corrected chi connectivity index (χ4v) is 3.46. The molecule has 3 rings (SSSR count). The van der Waals surface area contributed by atoms with Gasteiger partial charge in [0.1, 0.15) is 11.5 Å². The molecule has 0 saturated carbocycles. The van der Waals surface area contributed by atoms with Crippen molar-refractivity contribution in [2.24, 2.45) is 0 Å². The van der Waals surface area contributed by atoms with Gasteiger partial charge in [-0.1, -0.05) is 17.7 Å². The molecule has 1 atom stereocenters. The van der Waals surface area contributed by atoms with Crippen molar-refractivity contribution in [1.82, 2.24) is 9.97 Å². The third kappa shape index (κ3) is 2.40. The summed E-state index contributed by atoms with van der Waals surface area (Å²) in [6.07, 6.45) is 5.55. The SMILES string of the molecule is Cc1ccc(N)c(C=N)c1C1CCc2c(Cl)ncnc2C1. The first-order chi connectivity index (χ1) is 10.1. The number of nitrogens with one attached hydrogen (secondary N) is 1. The van der Waals surface area contributed by atoms with E-state index < -0.39 is 0 Å². The third-order valence-electron chi connectivity index (χ3n) is 4.26. The summed E-state index contributed by atoms with van der Waals surface area (Å²) in [6, 6.07) is 3.90. The fourth-order valence-electron chi connectivity index (χ4n) is 3.21. The van der Waals surface area contributed by atoms with Crippen LogP contribution < -0.4 is 5.73 Å². The molecule has 21 heavy (non-hydrogen) atoms. The molecule has 1 aromatic heterocycles. The summed E-state index contributed by atoms with van der Waals surface area (Å²) in [4.78, 5) is 8.43. The molecular weight excluding hydrogens is 284 g/mol. The summed E-state index contributed by atoms with van der Waals surface area (Å²) in [7, 11) is 0. The molecule has 3 N–H and O–H groups in total. The summed E-state index contributed by atoms with van der Waals surface area (Å²) < 4.78 is 0. The summed E-state index contributed by atoms with van der Waals surface area (Å²) in [5.74, 6) is 0.323. The van der Waals surface area contributed by atoms with Crippen molar-refractivity contribution in [1.29, 1.82) is 5.41 Å². The van der Waals surface area contributed by atoms with E-state index in [1.54, 1.807) is 0 Å². The lowest BCUT2D eigenvalue weighted by molar-refractivity contribution is 0.567. The Balaban J connectivity index is 2.04. The molecule has 1 aliphatic rings. The predicted octanol–water partition coefficient (Wildman–Crippen LogP) is 3.29. The molecule has 5 heteroatoms. The van der Waals surface area contributed by atoms with Gasteiger partial charge in [0.05, 0.1) is 0 Å². The van der Waals surface area contributed by atoms with Crippen molar-refractivity contribution < 1.29 is 0 Å². The second-order valence-corrected chi connectivity index (χ2v) is 5.83. The number of aromatic nitrogens is 2. The van der Waals surface area contributed by atoms with Gasteiger partial charge in [0.15, 0.2) is 0 Å². The third-order valence-corrected chi connectivity index (χ3v) is 4.58. The van der Waals surface area contributed by atoms with Gasteiger partial charge in [-0.15, -0.1) is 0 Å². The molecule has 0 spiro atoms. The van der Waals surface area contributed by atoms with Crippen LogP contribution in [0.3, 0.4) is 0 Å². The lowest BCUT2D eigenvalue weighted by Crippen LogP contribution is -2.18. The van der Waals surface area contributed by atoms with Crippen LogP contribution in [-0.4, -0.2) is 16.2 Å². The Morgan fingerprint density at radius 1 is 1.38 bits per heavy atom. The van der Waals surface area contributed by atoms with E-state index in [9.17, 15) is 0 Å². The number of nitrogen functional groups attached to an aromatic ring is 1. The Morgan fingerprint density at radius 3 is 2.95 bits per heavy atom. The van der Waals surface area contributed by atoms with E-state index in [0.29, 0.717) is 16.8 Å². The summed E-state index contributed by atoms with van der Waals surface area (Å²) >= 11 is 6.14. The Morgan fingerprint density at radius 2 is 2.19 bits per heavy atom. The number of hydrogen-bond donors (Lipinski definition) is 2. The van der Waals surface area contributed by atoms with Gasteiger partial charge in [0.25, 0.3) is 0 Å². The smallest absolute Gasteiger partial charge is 0.135 e. The number of aryl methyl sites for hydroxylation is 1. The van der Waals surface area contributed by atoms with Crippen molar-refractivity contribution in [3.05, 3.63) is 51.6 Å². The van der Waals surface area contributed by atoms with E-state index in [1.165, 1.54) is 23.7 Å². The van der Waals surface area contributed by atoms with Crippen molar-refractivity contribution >= 4 is 23.5 Å². The predicted molar refractivity (Wildman–Crippen MR) is 85.3 cm³/mol. The Labute approximate surface area is 128 Å². The van der Waals surface area contributed by atoms with Crippen LogP contribution in [-0.2, 0) is 12.8 Å². The minimum absolute atomic E-state index is 0.323. The van der Waals surface area contributed by atoms with E-state index in [2.05, 4.69) is 16.9 Å². The molecule has 1 heterocycles. The van der Waals surface area contributed by atoms with E-state index in [1.807, 2.05) is 12.1 Å². The lowest BCUT2D eigenvalue weighted by Gasteiger charge is -2.27. The topological polar surface area (TPSA) is 75.7 Å². The van der Waals surface area contributed by atoms with Gasteiger partial charge in [-0.25, -0.2) is 9.97 Å². The Bertz CT molecular complexity index is 712. The number of benzene rings is 1. The zero-order valence-corrected chi connectivity index (χ0v) is 12.6. The summed E-state index contributed by atoms with van der Waals surface area (Å²) in [6.45, 7) is 2.07. The van der Waals surface area contributed by atoms with E-state index in [-0.39, 0.29) is 0 Å². The minimum atomic E-state index is 0.323. The largest absolute Gasteiger partial charge is 0.398 e. The summed E-state index contributed by atoms with van der Waals surface area (Å²) in [5, 5.41) is 8.23. The maximum atomic E-state index is 7.67. The van der Waals surface area contributed by atoms with Crippen LogP contribution in [0.2, 0.25) is 5.15 Å². The van der Waals surface area contributed by atoms with Gasteiger partial charge in [-0.05, 0) is 49.3 Å². The molecule has 0 bridgehead atoms. The molecule has 0 saturated heterocycles. The highest BCUT2D eigenvalue weighted by molar-refractivity contribution is 6.30. The van der Waals surface area contributed by atoms with E-state index >= 15 is 0 Å². The maximum absolute atomic E-state index is 7.67. The summed E-state index contributed by atoms with van der Waals surface area (Å²) in [5.41, 5.74) is 12.0. The van der Waals surface area contributed by atoms with Crippen LogP contribution in [0.15, 0.2) is 18.5 Å². The zero-order chi connectivity index (χ0) is 15.0. The highest BCUT2D eigenvalue weighted by atomic mass is 35.5. The standard InChI is InChI=1S/C16H17ClN4/c1-9-2-5-13(19)12(7-18)15(9)10-3-4-11-14(6-10)20-8-21-16(11)17/h2,5,7-8,10,18H,3-4,6,19H2,1H3. The first-order valence-electron chi connectivity index (χ1n) is 6.99. The molecule has 1 aliphatic carbocycles. The monoisotopic (exact) mass is 300 g/mol. The van der Waals surface area contributed by atoms with Crippen molar-refractivity contribution in [2.75, 3.05) is 5.73 Å². The number of nitrogens with two attached hydrogens (primary N) is 1. The van der Waals surface area contributed by atoms with Gasteiger partial charge in [0.2, 0.25) is 0 Å². The van der Waals surface area contributed by atoms with Crippen LogP contribution >= 0.6 is 11.6 Å². The molecule has 0 radical (unpaired) electrons. The van der Waals surface area contributed by atoms with Gasteiger partial charge in [-0.3, -0.25) is 0 Å².